The topological polar surface area (TPSA) is 76.5 Å². The fourth-order valence-electron chi connectivity index (χ4n) is 2.86. The van der Waals surface area contributed by atoms with E-state index < -0.39 is 16.8 Å². The molecule has 144 valence electrons. The quantitative estimate of drug-likeness (QED) is 0.506. The summed E-state index contributed by atoms with van der Waals surface area (Å²) in [6.07, 6.45) is 0. The van der Waals surface area contributed by atoms with Crippen LogP contribution in [0.1, 0.15) is 16.1 Å². The highest BCUT2D eigenvalue weighted by Crippen LogP contribution is 2.21. The second kappa shape index (κ2) is 8.24. The van der Waals surface area contributed by atoms with Crippen LogP contribution in [-0.2, 0) is 17.4 Å². The van der Waals surface area contributed by atoms with Gasteiger partial charge in [-0.15, -0.1) is 0 Å². The summed E-state index contributed by atoms with van der Waals surface area (Å²) in [5, 5.41) is 10.0. The molecule has 0 saturated heterocycles. The third kappa shape index (κ3) is 4.33. The van der Waals surface area contributed by atoms with Crippen molar-refractivity contribution in [2.45, 2.75) is 16.4 Å². The number of hydrogen-bond acceptors (Lipinski definition) is 4. The van der Waals surface area contributed by atoms with Gasteiger partial charge in [0.2, 0.25) is 0 Å². The van der Waals surface area contributed by atoms with Crippen LogP contribution in [-0.4, -0.2) is 20.3 Å². The predicted molar refractivity (Wildman–Crippen MR) is 111 cm³/mol. The predicted octanol–water partition coefficient (Wildman–Crippen LogP) is 4.68. The molecule has 1 heterocycles. The van der Waals surface area contributed by atoms with Gasteiger partial charge in [0, 0.05) is 15.2 Å². The van der Waals surface area contributed by atoms with Gasteiger partial charge in [-0.1, -0.05) is 24.3 Å². The molecule has 5 nitrogen and oxygen atoms in total. The lowest BCUT2D eigenvalue weighted by Crippen LogP contribution is -1.99. The summed E-state index contributed by atoms with van der Waals surface area (Å²) in [5.41, 5.74) is 1.92. The molecule has 3 aromatic carbocycles. The first-order valence-corrected chi connectivity index (χ1v) is 10.1. The minimum Gasteiger partial charge on any atom is -0.487 e. The van der Waals surface area contributed by atoms with Gasteiger partial charge >= 0.3 is 5.97 Å². The number of nitrogens with zero attached hydrogens (tertiary/aromatic N) is 1. The second-order valence-electron chi connectivity index (χ2n) is 6.35. The number of aromatic nitrogens is 1. The van der Waals surface area contributed by atoms with Gasteiger partial charge in [-0.3, -0.25) is 0 Å². The molecule has 0 saturated carbocycles. The van der Waals surface area contributed by atoms with Crippen molar-refractivity contribution in [1.82, 2.24) is 4.98 Å². The number of ether oxygens (including phenoxy) is 1. The normalized spacial score (nSPS) is 11.9. The van der Waals surface area contributed by atoms with E-state index >= 15 is 0 Å². The molecule has 1 aromatic heterocycles. The zero-order valence-electron chi connectivity index (χ0n) is 15.3. The molecule has 0 aliphatic carbocycles. The van der Waals surface area contributed by atoms with E-state index in [1.54, 1.807) is 36.4 Å². The lowest BCUT2D eigenvalue weighted by molar-refractivity contribution is 0.0697. The van der Waals surface area contributed by atoms with E-state index in [9.17, 15) is 9.00 Å². The van der Waals surface area contributed by atoms with E-state index in [2.05, 4.69) is 4.98 Å². The van der Waals surface area contributed by atoms with Crippen LogP contribution in [0.25, 0.3) is 10.9 Å². The SMILES string of the molecule is O=C(O)c1ccc([S@](=O)c2ccc(OCc3ccc4ccccc4n3)cc2)cc1. The van der Waals surface area contributed by atoms with Crippen molar-refractivity contribution >= 4 is 27.7 Å². The van der Waals surface area contributed by atoms with Gasteiger partial charge in [0.1, 0.15) is 12.4 Å². The molecule has 4 rings (SSSR count). The molecule has 0 fully saturated rings. The number of para-hydroxylation sites is 1. The standard InChI is InChI=1S/C23H17NO4S/c25-23(26)17-6-11-20(12-7-17)29(27)21-13-9-19(10-14-21)28-15-18-8-5-16-3-1-2-4-22(16)24-18/h1-14H,15H2,(H,25,26)/t29-/m0/s1. The number of fused-ring (bicyclic) bond motifs is 1. The molecular formula is C23H17NO4S. The minimum absolute atomic E-state index is 0.164. The van der Waals surface area contributed by atoms with E-state index in [1.165, 1.54) is 12.1 Å². The monoisotopic (exact) mass is 403 g/mol. The summed E-state index contributed by atoms with van der Waals surface area (Å²) in [4.78, 5) is 16.7. The Morgan fingerprint density at radius 2 is 1.52 bits per heavy atom. The number of aromatic carboxylic acids is 1. The molecule has 0 amide bonds. The van der Waals surface area contributed by atoms with Crippen molar-refractivity contribution in [3.63, 3.8) is 0 Å². The van der Waals surface area contributed by atoms with E-state index in [0.29, 0.717) is 22.1 Å². The van der Waals surface area contributed by atoms with Crippen molar-refractivity contribution in [2.75, 3.05) is 0 Å². The Hall–Kier alpha value is -3.51. The molecule has 0 unspecified atom stereocenters. The van der Waals surface area contributed by atoms with Gasteiger partial charge in [-0.2, -0.15) is 0 Å². The Balaban J connectivity index is 1.42. The van der Waals surface area contributed by atoms with Crippen LogP contribution in [0, 0.1) is 0 Å². The number of carboxylic acids is 1. The van der Waals surface area contributed by atoms with E-state index in [1.807, 2.05) is 36.4 Å². The van der Waals surface area contributed by atoms with Crippen molar-refractivity contribution in [3.8, 4) is 5.75 Å². The molecule has 0 bridgehead atoms. The number of benzene rings is 3. The summed E-state index contributed by atoms with van der Waals surface area (Å²) < 4.78 is 18.5. The fraction of sp³-hybridized carbons (Fsp3) is 0.0435. The maximum atomic E-state index is 12.7. The molecule has 0 aliphatic rings. The molecule has 1 atom stereocenters. The smallest absolute Gasteiger partial charge is 0.335 e. The molecule has 0 aliphatic heterocycles. The van der Waals surface area contributed by atoms with Gasteiger partial charge < -0.3 is 9.84 Å². The molecule has 6 heteroatoms. The number of carbonyl (C=O) groups is 1. The van der Waals surface area contributed by atoms with Gasteiger partial charge in [0.05, 0.1) is 27.6 Å². The highest BCUT2D eigenvalue weighted by atomic mass is 32.2. The largest absolute Gasteiger partial charge is 0.487 e. The summed E-state index contributed by atoms with van der Waals surface area (Å²) in [6.45, 7) is 0.337. The van der Waals surface area contributed by atoms with Crippen molar-refractivity contribution < 1.29 is 18.8 Å². The van der Waals surface area contributed by atoms with Gasteiger partial charge in [-0.25, -0.2) is 14.0 Å². The third-order valence-electron chi connectivity index (χ3n) is 4.40. The minimum atomic E-state index is -1.39. The number of carboxylic acid groups (broad SMARTS) is 1. The first kappa shape index (κ1) is 18.8. The Morgan fingerprint density at radius 3 is 2.21 bits per heavy atom. The number of rotatable bonds is 6. The molecule has 29 heavy (non-hydrogen) atoms. The highest BCUT2D eigenvalue weighted by Gasteiger charge is 2.09. The van der Waals surface area contributed by atoms with Crippen LogP contribution in [0.2, 0.25) is 0 Å². The summed E-state index contributed by atoms with van der Waals surface area (Å²) >= 11 is 0. The fourth-order valence-corrected chi connectivity index (χ4v) is 3.90. The molecule has 0 spiro atoms. The second-order valence-corrected chi connectivity index (χ2v) is 7.83. The maximum Gasteiger partial charge on any atom is 0.335 e. The average Bonchev–Trinajstić information content (AvgIpc) is 2.77. The van der Waals surface area contributed by atoms with Gasteiger partial charge in [0.25, 0.3) is 0 Å². The third-order valence-corrected chi connectivity index (χ3v) is 5.80. The van der Waals surface area contributed by atoms with Crippen LogP contribution in [0.5, 0.6) is 5.75 Å². The van der Waals surface area contributed by atoms with Crippen LogP contribution in [0.15, 0.2) is 94.7 Å². The molecule has 0 radical (unpaired) electrons. The van der Waals surface area contributed by atoms with Gasteiger partial charge in [-0.05, 0) is 60.7 Å². The van der Waals surface area contributed by atoms with Crippen LogP contribution < -0.4 is 4.74 Å². The molecular weight excluding hydrogens is 386 g/mol. The number of hydrogen-bond donors (Lipinski definition) is 1. The van der Waals surface area contributed by atoms with Crippen LogP contribution in [0.3, 0.4) is 0 Å². The molecule has 4 aromatic rings. The van der Waals surface area contributed by atoms with E-state index in [0.717, 1.165) is 16.6 Å². The van der Waals surface area contributed by atoms with Crippen LogP contribution >= 0.6 is 0 Å². The lowest BCUT2D eigenvalue weighted by atomic mass is 10.2. The van der Waals surface area contributed by atoms with E-state index in [-0.39, 0.29) is 5.56 Å². The van der Waals surface area contributed by atoms with Crippen molar-refractivity contribution in [3.05, 3.63) is 96.2 Å². The Morgan fingerprint density at radius 1 is 0.862 bits per heavy atom. The molecule has 1 N–H and O–H groups in total. The van der Waals surface area contributed by atoms with Gasteiger partial charge in [0.15, 0.2) is 0 Å². The summed E-state index contributed by atoms with van der Waals surface area (Å²) in [5.74, 6) is -0.355. The Labute approximate surface area is 170 Å². The number of pyridine rings is 1. The summed E-state index contributed by atoms with van der Waals surface area (Å²) in [7, 11) is -1.39. The zero-order chi connectivity index (χ0) is 20.2. The van der Waals surface area contributed by atoms with Crippen molar-refractivity contribution in [2.24, 2.45) is 0 Å². The Bertz CT molecular complexity index is 1190. The van der Waals surface area contributed by atoms with E-state index in [4.69, 9.17) is 9.84 Å². The van der Waals surface area contributed by atoms with Crippen molar-refractivity contribution in [1.29, 1.82) is 0 Å². The maximum absolute atomic E-state index is 12.7. The first-order chi connectivity index (χ1) is 14.1. The zero-order valence-corrected chi connectivity index (χ0v) is 16.1. The van der Waals surface area contributed by atoms with Crippen LogP contribution in [0.4, 0.5) is 0 Å². The Kier molecular flexibility index (Phi) is 5.35. The highest BCUT2D eigenvalue weighted by molar-refractivity contribution is 7.85. The average molecular weight is 403 g/mol. The lowest BCUT2D eigenvalue weighted by Gasteiger charge is -2.08. The summed E-state index contributed by atoms with van der Waals surface area (Å²) in [6, 6.07) is 24.9. The first-order valence-electron chi connectivity index (χ1n) is 8.93.